The van der Waals surface area contributed by atoms with E-state index in [1.165, 1.54) is 6.07 Å². The Kier molecular flexibility index (Phi) is 3.04. The van der Waals surface area contributed by atoms with Gasteiger partial charge in [0, 0.05) is 47.2 Å². The summed E-state index contributed by atoms with van der Waals surface area (Å²) in [5.74, 6) is 0.722. The van der Waals surface area contributed by atoms with Crippen LogP contribution in [0.2, 0.25) is 0 Å². The van der Waals surface area contributed by atoms with Gasteiger partial charge in [0.1, 0.15) is 5.82 Å². The number of hydrogen-bond acceptors (Lipinski definition) is 4. The van der Waals surface area contributed by atoms with E-state index in [9.17, 15) is 4.79 Å². The van der Waals surface area contributed by atoms with Crippen molar-refractivity contribution in [3.8, 4) is 11.1 Å². The fraction of sp³-hybridized carbons (Fsp3) is 0.133. The molecule has 0 atom stereocenters. The summed E-state index contributed by atoms with van der Waals surface area (Å²) in [6.07, 6.45) is 3.51. The van der Waals surface area contributed by atoms with E-state index in [1.54, 1.807) is 12.4 Å². The van der Waals surface area contributed by atoms with Crippen LogP contribution in [-0.2, 0) is 6.54 Å². The molecule has 2 aromatic heterocycles. The monoisotopic (exact) mass is 266 g/mol. The Hall–Kier alpha value is -2.53. The Bertz CT molecular complexity index is 821. The van der Waals surface area contributed by atoms with E-state index in [-0.39, 0.29) is 5.43 Å². The number of rotatable bonds is 2. The molecule has 1 aromatic carbocycles. The molecular formula is C15H14N4O. The molecule has 100 valence electrons. The maximum Gasteiger partial charge on any atom is 0.189 e. The van der Waals surface area contributed by atoms with Crippen molar-refractivity contribution in [2.24, 2.45) is 5.73 Å². The van der Waals surface area contributed by atoms with Crippen molar-refractivity contribution in [1.82, 2.24) is 15.0 Å². The molecule has 0 spiro atoms. The number of aryl methyl sites for hydroxylation is 1. The zero-order valence-electron chi connectivity index (χ0n) is 11.1. The molecule has 0 bridgehead atoms. The molecule has 3 N–H and O–H groups in total. The highest BCUT2D eigenvalue weighted by molar-refractivity contribution is 5.84. The number of benzene rings is 1. The van der Waals surface area contributed by atoms with E-state index in [4.69, 9.17) is 5.73 Å². The molecule has 0 saturated carbocycles. The first kappa shape index (κ1) is 12.5. The molecular weight excluding hydrogens is 252 g/mol. The lowest BCUT2D eigenvalue weighted by Crippen LogP contribution is -2.08. The van der Waals surface area contributed by atoms with Crippen LogP contribution < -0.4 is 11.2 Å². The number of hydrogen-bond donors (Lipinski definition) is 2. The van der Waals surface area contributed by atoms with Crippen LogP contribution in [0.15, 0.2) is 41.5 Å². The van der Waals surface area contributed by atoms with Gasteiger partial charge in [0.15, 0.2) is 5.43 Å². The number of nitrogens with two attached hydrogens (primary N) is 1. The van der Waals surface area contributed by atoms with E-state index in [1.807, 2.05) is 25.1 Å². The van der Waals surface area contributed by atoms with Gasteiger partial charge < -0.3 is 10.7 Å². The number of H-pyrrole nitrogens is 1. The minimum Gasteiger partial charge on any atom is -0.357 e. The zero-order chi connectivity index (χ0) is 14.1. The van der Waals surface area contributed by atoms with Gasteiger partial charge in [0.2, 0.25) is 0 Å². The summed E-state index contributed by atoms with van der Waals surface area (Å²) in [5, 5.41) is 0.639. The van der Waals surface area contributed by atoms with Crippen molar-refractivity contribution in [1.29, 1.82) is 0 Å². The van der Waals surface area contributed by atoms with E-state index in [0.717, 1.165) is 28.2 Å². The standard InChI is InChI=1S/C15H14N4O/c1-9-17-7-11(8-18-9)10-2-3-14-13(4-10)15(20)5-12(6-16)19-14/h2-5,7-8H,6,16H2,1H3,(H,19,20). The van der Waals surface area contributed by atoms with Gasteiger partial charge in [-0.3, -0.25) is 4.79 Å². The third kappa shape index (κ3) is 2.19. The smallest absolute Gasteiger partial charge is 0.189 e. The number of aromatic nitrogens is 3. The summed E-state index contributed by atoms with van der Waals surface area (Å²) >= 11 is 0. The van der Waals surface area contributed by atoms with Gasteiger partial charge >= 0.3 is 0 Å². The Balaban J connectivity index is 2.18. The maximum atomic E-state index is 12.1. The van der Waals surface area contributed by atoms with Crippen LogP contribution in [0.25, 0.3) is 22.0 Å². The number of nitrogens with one attached hydrogen (secondary N) is 1. The Morgan fingerprint density at radius 2 is 1.90 bits per heavy atom. The third-order valence-corrected chi connectivity index (χ3v) is 3.22. The van der Waals surface area contributed by atoms with Crippen LogP contribution in [0.5, 0.6) is 0 Å². The summed E-state index contributed by atoms with van der Waals surface area (Å²) < 4.78 is 0. The second-order valence-electron chi connectivity index (χ2n) is 4.64. The highest BCUT2D eigenvalue weighted by Gasteiger charge is 2.05. The summed E-state index contributed by atoms with van der Waals surface area (Å²) in [7, 11) is 0. The van der Waals surface area contributed by atoms with Gasteiger partial charge in [0.05, 0.1) is 0 Å². The predicted molar refractivity (Wildman–Crippen MR) is 78.2 cm³/mol. The molecule has 0 aliphatic heterocycles. The molecule has 5 heteroatoms. The maximum absolute atomic E-state index is 12.1. The van der Waals surface area contributed by atoms with Crippen LogP contribution in [-0.4, -0.2) is 15.0 Å². The first-order valence-electron chi connectivity index (χ1n) is 6.32. The molecule has 0 aliphatic carbocycles. The van der Waals surface area contributed by atoms with Gasteiger partial charge in [-0.1, -0.05) is 6.07 Å². The third-order valence-electron chi connectivity index (χ3n) is 3.22. The molecule has 0 amide bonds. The normalized spacial score (nSPS) is 10.9. The van der Waals surface area contributed by atoms with Crippen molar-refractivity contribution in [2.45, 2.75) is 13.5 Å². The highest BCUT2D eigenvalue weighted by Crippen LogP contribution is 2.21. The molecule has 0 unspecified atom stereocenters. The summed E-state index contributed by atoms with van der Waals surface area (Å²) in [6.45, 7) is 2.15. The summed E-state index contributed by atoms with van der Waals surface area (Å²) in [4.78, 5) is 23.6. The van der Waals surface area contributed by atoms with Crippen LogP contribution in [0.3, 0.4) is 0 Å². The van der Waals surface area contributed by atoms with E-state index < -0.39 is 0 Å². The molecule has 0 radical (unpaired) electrons. The highest BCUT2D eigenvalue weighted by atomic mass is 16.1. The van der Waals surface area contributed by atoms with Crippen molar-refractivity contribution >= 4 is 10.9 Å². The van der Waals surface area contributed by atoms with Crippen molar-refractivity contribution in [2.75, 3.05) is 0 Å². The van der Waals surface area contributed by atoms with Gasteiger partial charge in [-0.25, -0.2) is 9.97 Å². The van der Waals surface area contributed by atoms with Crippen LogP contribution >= 0.6 is 0 Å². The van der Waals surface area contributed by atoms with Crippen molar-refractivity contribution in [3.05, 3.63) is 58.4 Å². The molecule has 20 heavy (non-hydrogen) atoms. The molecule has 0 aliphatic rings. The quantitative estimate of drug-likeness (QED) is 0.740. The van der Waals surface area contributed by atoms with E-state index in [2.05, 4.69) is 15.0 Å². The second-order valence-corrected chi connectivity index (χ2v) is 4.64. The molecule has 3 rings (SSSR count). The van der Waals surface area contributed by atoms with Crippen LogP contribution in [0.1, 0.15) is 11.5 Å². The largest absolute Gasteiger partial charge is 0.357 e. The van der Waals surface area contributed by atoms with Crippen molar-refractivity contribution < 1.29 is 0 Å². The molecule has 0 fully saturated rings. The number of pyridine rings is 1. The lowest BCUT2D eigenvalue weighted by atomic mass is 10.1. The van der Waals surface area contributed by atoms with Crippen LogP contribution in [0.4, 0.5) is 0 Å². The molecule has 0 saturated heterocycles. The number of aromatic amines is 1. The van der Waals surface area contributed by atoms with E-state index >= 15 is 0 Å². The number of nitrogens with zero attached hydrogens (tertiary/aromatic N) is 2. The van der Waals surface area contributed by atoms with E-state index in [0.29, 0.717) is 11.9 Å². The van der Waals surface area contributed by atoms with Gasteiger partial charge in [0.25, 0.3) is 0 Å². The Morgan fingerprint density at radius 1 is 1.15 bits per heavy atom. The van der Waals surface area contributed by atoms with Crippen LogP contribution in [0, 0.1) is 6.92 Å². The fourth-order valence-corrected chi connectivity index (χ4v) is 2.13. The topological polar surface area (TPSA) is 84.7 Å². The second kappa shape index (κ2) is 4.86. The Labute approximate surface area is 115 Å². The average Bonchev–Trinajstić information content (AvgIpc) is 2.47. The fourth-order valence-electron chi connectivity index (χ4n) is 2.13. The first-order valence-corrected chi connectivity index (χ1v) is 6.32. The minimum atomic E-state index is -0.0333. The van der Waals surface area contributed by atoms with Gasteiger partial charge in [-0.15, -0.1) is 0 Å². The van der Waals surface area contributed by atoms with Crippen molar-refractivity contribution in [3.63, 3.8) is 0 Å². The van der Waals surface area contributed by atoms with Gasteiger partial charge in [-0.05, 0) is 24.6 Å². The van der Waals surface area contributed by atoms with Gasteiger partial charge in [-0.2, -0.15) is 0 Å². The number of fused-ring (bicyclic) bond motifs is 1. The summed E-state index contributed by atoms with van der Waals surface area (Å²) in [5.41, 5.74) is 8.85. The lowest BCUT2D eigenvalue weighted by Gasteiger charge is -2.05. The minimum absolute atomic E-state index is 0.0333. The SMILES string of the molecule is Cc1ncc(-c2ccc3[nH]c(CN)cc(=O)c3c2)cn1. The molecule has 2 heterocycles. The predicted octanol–water partition coefficient (Wildman–Crippen LogP) is 1.75. The average molecular weight is 266 g/mol. The Morgan fingerprint density at radius 3 is 2.60 bits per heavy atom. The molecule has 5 nitrogen and oxygen atoms in total. The zero-order valence-corrected chi connectivity index (χ0v) is 11.1. The molecule has 3 aromatic rings. The first-order chi connectivity index (χ1) is 9.67. The summed E-state index contributed by atoms with van der Waals surface area (Å²) in [6, 6.07) is 7.21. The lowest BCUT2D eigenvalue weighted by molar-refractivity contribution is 1.00.